The van der Waals surface area contributed by atoms with E-state index in [0.717, 1.165) is 10.8 Å². The molecular formula is C51H32N4O. The number of nitrogens with zero attached hydrogens (tertiary/aromatic N) is 4. The zero-order chi connectivity index (χ0) is 51.8. The third-order valence-corrected chi connectivity index (χ3v) is 9.49. The van der Waals surface area contributed by atoms with E-state index < -0.39 is 114 Å². The van der Waals surface area contributed by atoms with Crippen LogP contribution in [0.15, 0.2) is 198 Å². The molecule has 0 N–H and O–H groups in total. The summed E-state index contributed by atoms with van der Waals surface area (Å²) in [5.41, 5.74) is 0.706. The quantitative estimate of drug-likeness (QED) is 0.171. The minimum Gasteiger partial charge on any atom is -0.455 e. The van der Waals surface area contributed by atoms with E-state index in [1.807, 2.05) is 42.5 Å². The maximum atomic E-state index is 9.75. The van der Waals surface area contributed by atoms with Crippen molar-refractivity contribution in [2.24, 2.45) is 0 Å². The van der Waals surface area contributed by atoms with Crippen LogP contribution in [0.1, 0.15) is 23.3 Å². The Kier molecular flexibility index (Phi) is 4.45. The molecule has 0 spiro atoms. The van der Waals surface area contributed by atoms with E-state index in [2.05, 4.69) is 4.98 Å². The maximum absolute atomic E-state index is 9.75. The van der Waals surface area contributed by atoms with Crippen LogP contribution in [0.2, 0.25) is 0 Å². The maximum Gasteiger partial charge on any atom is 0.166 e. The van der Waals surface area contributed by atoms with Gasteiger partial charge in [0.2, 0.25) is 0 Å². The molecule has 0 saturated heterocycles. The molecule has 0 aliphatic heterocycles. The summed E-state index contributed by atoms with van der Waals surface area (Å²) >= 11 is 0. The Balaban J connectivity index is 1.33. The first-order valence-electron chi connectivity index (χ1n) is 25.9. The van der Waals surface area contributed by atoms with Gasteiger partial charge < -0.3 is 8.98 Å². The van der Waals surface area contributed by atoms with E-state index in [1.54, 1.807) is 48.5 Å². The average molecular weight is 734 g/mol. The predicted octanol–water partition coefficient (Wildman–Crippen LogP) is 13.2. The van der Waals surface area contributed by atoms with Crippen molar-refractivity contribution in [1.82, 2.24) is 19.5 Å². The number of para-hydroxylation sites is 3. The van der Waals surface area contributed by atoms with Crippen LogP contribution in [0, 0.1) is 0 Å². The van der Waals surface area contributed by atoms with Gasteiger partial charge in [0.25, 0.3) is 0 Å². The number of hydrogen-bond donors (Lipinski definition) is 0. The van der Waals surface area contributed by atoms with Gasteiger partial charge in [-0.25, -0.2) is 15.0 Å². The first-order valence-corrected chi connectivity index (χ1v) is 17.4. The lowest BCUT2D eigenvalue weighted by Crippen LogP contribution is -2.04. The monoisotopic (exact) mass is 733 g/mol. The van der Waals surface area contributed by atoms with Crippen LogP contribution in [0.5, 0.6) is 0 Å². The SMILES string of the molecule is [2H]c1c([2H])c([2H])c(-c2nc(-c3ccccc3)nc(-c3cc(-c4cccc5c4oc4ccccc45)ccc3-n3c4c([2H])c([2H])c([2H])c([2H])c4c4c([2H])c(-c5c([2H])c([2H])c([2H])c([2H])c5[2H])c([2H])c([2H])c43)n2)c([2H])c1[2H]. The second-order valence-corrected chi connectivity index (χ2v) is 12.7. The van der Waals surface area contributed by atoms with Gasteiger partial charge in [-0.05, 0) is 53.0 Å². The van der Waals surface area contributed by atoms with Gasteiger partial charge in [-0.15, -0.1) is 0 Å². The highest BCUT2D eigenvalue weighted by atomic mass is 16.3. The first kappa shape index (κ1) is 19.1. The molecule has 0 amide bonds. The molecule has 0 radical (unpaired) electrons. The molecular weight excluding hydrogens is 685 g/mol. The van der Waals surface area contributed by atoms with Gasteiger partial charge >= 0.3 is 0 Å². The molecule has 262 valence electrons. The summed E-state index contributed by atoms with van der Waals surface area (Å²) in [5.74, 6) is -0.509. The molecule has 0 fully saturated rings. The molecule has 3 aromatic heterocycles. The Bertz CT molecular complexity index is 4190. The predicted molar refractivity (Wildman–Crippen MR) is 229 cm³/mol. The minimum absolute atomic E-state index is 0.00128. The molecule has 0 bridgehead atoms. The summed E-state index contributed by atoms with van der Waals surface area (Å²) in [5, 5.41) is 1.04. The fraction of sp³-hybridized carbons (Fsp3) is 0. The highest BCUT2D eigenvalue weighted by molar-refractivity contribution is 6.12. The van der Waals surface area contributed by atoms with Gasteiger partial charge in [-0.3, -0.25) is 0 Å². The van der Waals surface area contributed by atoms with E-state index in [9.17, 15) is 6.85 Å². The molecule has 5 heteroatoms. The summed E-state index contributed by atoms with van der Waals surface area (Å²) in [4.78, 5) is 14.4. The number of benzene rings is 8. The van der Waals surface area contributed by atoms with E-state index in [4.69, 9.17) is 30.8 Å². The van der Waals surface area contributed by atoms with Crippen molar-refractivity contribution in [3.8, 4) is 62.1 Å². The lowest BCUT2D eigenvalue weighted by Gasteiger charge is -2.16. The average Bonchev–Trinajstić information content (AvgIpc) is 3.98. The zero-order valence-corrected chi connectivity index (χ0v) is 28.9. The van der Waals surface area contributed by atoms with Crippen LogP contribution in [-0.4, -0.2) is 19.5 Å². The smallest absolute Gasteiger partial charge is 0.166 e. The summed E-state index contributed by atoms with van der Waals surface area (Å²) in [6.07, 6.45) is 0. The van der Waals surface area contributed by atoms with Crippen LogP contribution in [0.3, 0.4) is 0 Å². The van der Waals surface area contributed by atoms with Crippen molar-refractivity contribution in [3.63, 3.8) is 0 Å². The van der Waals surface area contributed by atoms with Gasteiger partial charge in [-0.1, -0.05) is 157 Å². The number of rotatable bonds is 6. The number of aromatic nitrogens is 4. The van der Waals surface area contributed by atoms with Crippen LogP contribution in [-0.2, 0) is 0 Å². The van der Waals surface area contributed by atoms with Crippen LogP contribution >= 0.6 is 0 Å². The summed E-state index contributed by atoms with van der Waals surface area (Å²) in [6, 6.07) is 14.9. The summed E-state index contributed by atoms with van der Waals surface area (Å²) in [7, 11) is 0. The molecule has 11 aromatic rings. The fourth-order valence-corrected chi connectivity index (χ4v) is 6.99. The Labute approximate surface area is 346 Å². The molecule has 11 rings (SSSR count). The zero-order valence-electron chi connectivity index (χ0n) is 45.9. The molecule has 0 aliphatic rings. The Morgan fingerprint density at radius 1 is 0.429 bits per heavy atom. The van der Waals surface area contributed by atoms with Crippen molar-refractivity contribution < 1.29 is 27.7 Å². The van der Waals surface area contributed by atoms with Crippen molar-refractivity contribution in [1.29, 1.82) is 0 Å². The standard InChI is InChI=1S/C51H32N4O/c1-4-15-33(16-5-1)36-27-29-45-42(31-36)39-21-10-12-25-44(39)55(45)46-30-28-37(38-23-14-24-41-40-22-11-13-26-47(40)56-48(38)41)32-43(46)51-53-49(34-17-6-2-7-18-34)52-50(54-51)35-19-8-3-9-20-35/h1-32H/i1D,2D,4D,5D,6D,7D,10D,12D,15D,16D,17D,18D,21D,25D,27D,29D,31D. The molecule has 0 unspecified atom stereocenters. The lowest BCUT2D eigenvalue weighted by molar-refractivity contribution is 0.670. The lowest BCUT2D eigenvalue weighted by atomic mass is 9.98. The summed E-state index contributed by atoms with van der Waals surface area (Å²) in [6.45, 7) is 0. The van der Waals surface area contributed by atoms with Crippen molar-refractivity contribution in [2.45, 2.75) is 0 Å². The van der Waals surface area contributed by atoms with Gasteiger partial charge in [-0.2, -0.15) is 0 Å². The second-order valence-electron chi connectivity index (χ2n) is 12.7. The molecule has 0 saturated carbocycles. The second kappa shape index (κ2) is 13.0. The number of fused-ring (bicyclic) bond motifs is 6. The third kappa shape index (κ3) is 5.29. The Hall–Kier alpha value is -7.63. The first-order chi connectivity index (χ1) is 34.8. The molecule has 3 heterocycles. The van der Waals surface area contributed by atoms with Crippen LogP contribution in [0.25, 0.3) is 106 Å². The normalized spacial score (nSPS) is 15.8. The third-order valence-electron chi connectivity index (χ3n) is 9.49. The highest BCUT2D eigenvalue weighted by Gasteiger charge is 2.22. The summed E-state index contributed by atoms with van der Waals surface area (Å²) < 4.78 is 159. The van der Waals surface area contributed by atoms with Crippen molar-refractivity contribution >= 4 is 43.7 Å². The molecule has 0 aliphatic carbocycles. The van der Waals surface area contributed by atoms with E-state index in [0.29, 0.717) is 27.9 Å². The van der Waals surface area contributed by atoms with Crippen molar-refractivity contribution in [2.75, 3.05) is 0 Å². The van der Waals surface area contributed by atoms with Crippen molar-refractivity contribution in [3.05, 3.63) is 194 Å². The molecule has 0 atom stereocenters. The van der Waals surface area contributed by atoms with E-state index >= 15 is 0 Å². The van der Waals surface area contributed by atoms with Gasteiger partial charge in [0.1, 0.15) is 11.2 Å². The molecule has 5 nitrogen and oxygen atoms in total. The largest absolute Gasteiger partial charge is 0.455 e. The molecule has 8 aromatic carbocycles. The van der Waals surface area contributed by atoms with Crippen LogP contribution < -0.4 is 0 Å². The van der Waals surface area contributed by atoms with E-state index in [1.165, 1.54) is 4.57 Å². The molecule has 56 heavy (non-hydrogen) atoms. The minimum atomic E-state index is -0.760. The van der Waals surface area contributed by atoms with Gasteiger partial charge in [0, 0.05) is 43.8 Å². The fourth-order valence-electron chi connectivity index (χ4n) is 6.99. The number of hydrogen-bond acceptors (Lipinski definition) is 4. The number of furan rings is 1. The Morgan fingerprint density at radius 2 is 1.11 bits per heavy atom. The topological polar surface area (TPSA) is 56.7 Å². The van der Waals surface area contributed by atoms with Gasteiger partial charge in [0.15, 0.2) is 17.5 Å². The van der Waals surface area contributed by atoms with Crippen LogP contribution in [0.4, 0.5) is 0 Å². The van der Waals surface area contributed by atoms with Gasteiger partial charge in [0.05, 0.1) is 40.0 Å². The van der Waals surface area contributed by atoms with E-state index in [-0.39, 0.29) is 56.1 Å². The Morgan fingerprint density at radius 3 is 1.95 bits per heavy atom. The highest BCUT2D eigenvalue weighted by Crippen LogP contribution is 2.41.